The molecule has 0 radical (unpaired) electrons. The number of hydrogen-bond donors (Lipinski definition) is 1. The van der Waals surface area contributed by atoms with Crippen LogP contribution in [0.2, 0.25) is 0 Å². The molecular formula is C17H15ClF2N2O. The highest BCUT2D eigenvalue weighted by molar-refractivity contribution is 6.68. The Morgan fingerprint density at radius 3 is 2.91 bits per heavy atom. The molecule has 0 spiro atoms. The summed E-state index contributed by atoms with van der Waals surface area (Å²) in [6.45, 7) is 3.65. The number of aryl methyl sites for hydroxylation is 1. The standard InChI is InChI=1S/C17H15ClF2N2O/c1-9-4-3-5-21-15(18)8-13(9)23-14-7-12(19)17-11(16(14)20)6-10(2)22-17/h3,5-9,22H,4H2,1-2H3/b5-3+,13-8+,21-15-. The minimum atomic E-state index is -0.607. The molecule has 3 nitrogen and oxygen atoms in total. The zero-order chi connectivity index (χ0) is 16.6. The molecule has 1 atom stereocenters. The number of halogens is 3. The van der Waals surface area contributed by atoms with E-state index in [2.05, 4.69) is 9.98 Å². The van der Waals surface area contributed by atoms with E-state index in [0.29, 0.717) is 17.9 Å². The van der Waals surface area contributed by atoms with Crippen LogP contribution in [0.1, 0.15) is 19.0 Å². The van der Waals surface area contributed by atoms with Gasteiger partial charge >= 0.3 is 0 Å². The zero-order valence-electron chi connectivity index (χ0n) is 12.7. The van der Waals surface area contributed by atoms with Crippen LogP contribution < -0.4 is 4.74 Å². The second-order valence-corrected chi connectivity index (χ2v) is 5.92. The van der Waals surface area contributed by atoms with Crippen LogP contribution in [0, 0.1) is 24.5 Å². The highest BCUT2D eigenvalue weighted by atomic mass is 35.5. The van der Waals surface area contributed by atoms with Gasteiger partial charge in [0.1, 0.15) is 10.9 Å². The number of fused-ring (bicyclic) bond motifs is 1. The predicted molar refractivity (Wildman–Crippen MR) is 87.9 cm³/mol. The summed E-state index contributed by atoms with van der Waals surface area (Å²) in [5, 5.41) is 0.388. The molecule has 1 aromatic heterocycles. The van der Waals surface area contributed by atoms with E-state index in [-0.39, 0.29) is 27.7 Å². The van der Waals surface area contributed by atoms with Crippen LogP contribution in [-0.2, 0) is 0 Å². The molecule has 1 aliphatic rings. The van der Waals surface area contributed by atoms with Gasteiger partial charge in [-0.1, -0.05) is 24.6 Å². The summed E-state index contributed by atoms with van der Waals surface area (Å²) >= 11 is 5.96. The molecule has 3 rings (SSSR count). The first-order valence-corrected chi connectivity index (χ1v) is 7.58. The van der Waals surface area contributed by atoms with Gasteiger partial charge in [0.05, 0.1) is 5.52 Å². The first-order chi connectivity index (χ1) is 11.0. The first kappa shape index (κ1) is 15.7. The molecule has 0 fully saturated rings. The quantitative estimate of drug-likeness (QED) is 0.803. The third-order valence-corrected chi connectivity index (χ3v) is 3.88. The highest BCUT2D eigenvalue weighted by Gasteiger charge is 2.19. The minimum Gasteiger partial charge on any atom is -0.458 e. The molecule has 2 heterocycles. The van der Waals surface area contributed by atoms with Crippen molar-refractivity contribution >= 4 is 27.7 Å². The molecule has 0 saturated carbocycles. The number of aromatic amines is 1. The summed E-state index contributed by atoms with van der Waals surface area (Å²) < 4.78 is 34.4. The van der Waals surface area contributed by atoms with Gasteiger partial charge in [-0.15, -0.1) is 0 Å². The lowest BCUT2D eigenvalue weighted by Crippen LogP contribution is -2.09. The second kappa shape index (κ2) is 6.16. The number of allylic oxidation sites excluding steroid dienone is 3. The van der Waals surface area contributed by atoms with Crippen molar-refractivity contribution in [1.29, 1.82) is 0 Å². The van der Waals surface area contributed by atoms with Crippen molar-refractivity contribution in [2.24, 2.45) is 10.9 Å². The smallest absolute Gasteiger partial charge is 0.175 e. The van der Waals surface area contributed by atoms with E-state index < -0.39 is 11.6 Å². The van der Waals surface area contributed by atoms with E-state index in [4.69, 9.17) is 16.3 Å². The monoisotopic (exact) mass is 336 g/mol. The Kier molecular flexibility index (Phi) is 4.22. The van der Waals surface area contributed by atoms with Crippen molar-refractivity contribution in [3.63, 3.8) is 0 Å². The summed E-state index contributed by atoms with van der Waals surface area (Å²) in [6, 6.07) is 2.59. The maximum absolute atomic E-state index is 14.6. The van der Waals surface area contributed by atoms with Crippen LogP contribution >= 0.6 is 11.6 Å². The van der Waals surface area contributed by atoms with Crippen molar-refractivity contribution in [2.45, 2.75) is 20.3 Å². The van der Waals surface area contributed by atoms with Crippen LogP contribution in [-0.4, -0.2) is 10.2 Å². The Hall–Kier alpha value is -2.14. The lowest BCUT2D eigenvalue weighted by molar-refractivity contribution is 0.341. The van der Waals surface area contributed by atoms with E-state index in [1.165, 1.54) is 6.08 Å². The molecule has 120 valence electrons. The fourth-order valence-corrected chi connectivity index (χ4v) is 2.63. The fraction of sp³-hybridized carbons (Fsp3) is 0.235. The van der Waals surface area contributed by atoms with Gasteiger partial charge in [-0.3, -0.25) is 0 Å². The molecule has 1 N–H and O–H groups in total. The molecule has 0 aliphatic carbocycles. The number of nitrogens with zero attached hydrogens (tertiary/aromatic N) is 1. The third-order valence-electron chi connectivity index (χ3n) is 3.67. The number of nitrogens with one attached hydrogen (secondary N) is 1. The molecule has 1 aromatic carbocycles. The van der Waals surface area contributed by atoms with Gasteiger partial charge in [0, 0.05) is 35.3 Å². The van der Waals surface area contributed by atoms with Gasteiger partial charge in [0.15, 0.2) is 17.4 Å². The molecule has 0 saturated heterocycles. The normalized spacial score (nSPS) is 24.3. The maximum atomic E-state index is 14.6. The molecule has 23 heavy (non-hydrogen) atoms. The van der Waals surface area contributed by atoms with Crippen LogP contribution in [0.25, 0.3) is 10.9 Å². The summed E-state index contributed by atoms with van der Waals surface area (Å²) in [5.74, 6) is -0.941. The predicted octanol–water partition coefficient (Wildman–Crippen LogP) is 5.21. The average molecular weight is 337 g/mol. The largest absolute Gasteiger partial charge is 0.458 e. The van der Waals surface area contributed by atoms with Crippen molar-refractivity contribution in [3.8, 4) is 5.75 Å². The number of benzene rings is 1. The third kappa shape index (κ3) is 3.15. The Balaban J connectivity index is 2.04. The number of aromatic nitrogens is 1. The topological polar surface area (TPSA) is 37.4 Å². The van der Waals surface area contributed by atoms with Gasteiger partial charge in [-0.25, -0.2) is 13.8 Å². The van der Waals surface area contributed by atoms with Crippen molar-refractivity contribution < 1.29 is 13.5 Å². The Morgan fingerprint density at radius 2 is 2.13 bits per heavy atom. The number of hydrogen-bond acceptors (Lipinski definition) is 2. The van der Waals surface area contributed by atoms with Gasteiger partial charge in [0.25, 0.3) is 0 Å². The van der Waals surface area contributed by atoms with E-state index >= 15 is 0 Å². The maximum Gasteiger partial charge on any atom is 0.175 e. The number of rotatable bonds is 2. The first-order valence-electron chi connectivity index (χ1n) is 7.20. The van der Waals surface area contributed by atoms with Gasteiger partial charge in [0.2, 0.25) is 0 Å². The molecule has 1 unspecified atom stereocenters. The number of ether oxygens (including phenoxy) is 1. The van der Waals surface area contributed by atoms with Crippen LogP contribution in [0.4, 0.5) is 8.78 Å². The van der Waals surface area contributed by atoms with E-state index in [1.807, 2.05) is 13.0 Å². The lowest BCUT2D eigenvalue weighted by atomic mass is 10.0. The van der Waals surface area contributed by atoms with Gasteiger partial charge < -0.3 is 9.72 Å². The zero-order valence-corrected chi connectivity index (χ0v) is 13.4. The molecular weight excluding hydrogens is 322 g/mol. The summed E-state index contributed by atoms with van der Waals surface area (Å²) in [6.07, 6.45) is 5.65. The van der Waals surface area contributed by atoms with Crippen LogP contribution in [0.15, 0.2) is 41.2 Å². The lowest BCUT2D eigenvalue weighted by Gasteiger charge is -2.17. The van der Waals surface area contributed by atoms with Crippen LogP contribution in [0.5, 0.6) is 5.75 Å². The average Bonchev–Trinajstić information content (AvgIpc) is 2.89. The van der Waals surface area contributed by atoms with Gasteiger partial charge in [-0.2, -0.15) is 0 Å². The van der Waals surface area contributed by atoms with Crippen LogP contribution in [0.3, 0.4) is 0 Å². The number of H-pyrrole nitrogens is 1. The van der Waals surface area contributed by atoms with Crippen molar-refractivity contribution in [3.05, 3.63) is 53.6 Å². The Bertz CT molecular complexity index is 852. The van der Waals surface area contributed by atoms with E-state index in [9.17, 15) is 8.78 Å². The summed E-state index contributed by atoms with van der Waals surface area (Å²) in [5.41, 5.74) is 0.809. The minimum absolute atomic E-state index is 0.0402. The van der Waals surface area contributed by atoms with E-state index in [0.717, 1.165) is 6.07 Å². The summed E-state index contributed by atoms with van der Waals surface area (Å²) in [4.78, 5) is 6.77. The number of aliphatic imine (C=N–C) groups is 1. The highest BCUT2D eigenvalue weighted by Crippen LogP contribution is 2.32. The van der Waals surface area contributed by atoms with Crippen molar-refractivity contribution in [1.82, 2.24) is 4.98 Å². The second-order valence-electron chi connectivity index (χ2n) is 5.53. The Labute approximate surface area is 137 Å². The van der Waals surface area contributed by atoms with E-state index in [1.54, 1.807) is 19.2 Å². The SMILES string of the molecule is Cc1cc2c(F)c(O/C3=C/C(Cl)=N/C=C/CC3C)cc(F)c2[nH]1. The van der Waals surface area contributed by atoms with Gasteiger partial charge in [-0.05, 0) is 19.4 Å². The summed E-state index contributed by atoms with van der Waals surface area (Å²) in [7, 11) is 0. The molecule has 2 aromatic rings. The molecule has 0 bridgehead atoms. The molecule has 1 aliphatic heterocycles. The molecule has 6 heteroatoms. The molecule has 0 amide bonds. The Morgan fingerprint density at radius 1 is 1.35 bits per heavy atom. The van der Waals surface area contributed by atoms with Crippen molar-refractivity contribution in [2.75, 3.05) is 0 Å². The fourth-order valence-electron chi connectivity index (χ4n) is 2.47.